The molecule has 0 aromatic heterocycles. The number of anilines is 1. The average Bonchev–Trinajstić information content (AvgIpc) is 2.49. The molecule has 0 saturated heterocycles. The lowest BCUT2D eigenvalue weighted by atomic mass is 10.1. The molecule has 1 unspecified atom stereocenters. The lowest BCUT2D eigenvalue weighted by Gasteiger charge is -2.16. The summed E-state index contributed by atoms with van der Waals surface area (Å²) in [6.07, 6.45) is 0.892. The highest BCUT2D eigenvalue weighted by atomic mass is 35.5. The number of hydrogen-bond acceptors (Lipinski definition) is 3. The smallest absolute Gasteiger partial charge is 0.160 e. The van der Waals surface area contributed by atoms with Gasteiger partial charge in [0.1, 0.15) is 0 Å². The summed E-state index contributed by atoms with van der Waals surface area (Å²) in [4.78, 5) is 0. The van der Waals surface area contributed by atoms with Crippen LogP contribution in [0.1, 0.15) is 12.5 Å². The standard InChI is InChI=1S/C17H20ClNO2/c1-12(19-15-7-5-14(18)6-8-15)10-13-4-9-16(20-2)17(11-13)21-3/h4-9,11-12,19H,10H2,1-3H3. The first kappa shape index (κ1) is 15.5. The molecule has 21 heavy (non-hydrogen) atoms. The largest absolute Gasteiger partial charge is 0.493 e. The van der Waals surface area contributed by atoms with Gasteiger partial charge in [-0.15, -0.1) is 0 Å². The number of halogens is 1. The fourth-order valence-electron chi connectivity index (χ4n) is 2.24. The van der Waals surface area contributed by atoms with Crippen LogP contribution in [0.15, 0.2) is 42.5 Å². The zero-order chi connectivity index (χ0) is 15.2. The third-order valence-electron chi connectivity index (χ3n) is 3.25. The van der Waals surface area contributed by atoms with Gasteiger partial charge in [0, 0.05) is 16.8 Å². The van der Waals surface area contributed by atoms with Gasteiger partial charge in [-0.2, -0.15) is 0 Å². The minimum absolute atomic E-state index is 0.296. The molecule has 0 bridgehead atoms. The molecular formula is C17H20ClNO2. The molecule has 0 aliphatic rings. The van der Waals surface area contributed by atoms with Gasteiger partial charge in [-0.3, -0.25) is 0 Å². The van der Waals surface area contributed by atoms with E-state index in [0.717, 1.165) is 28.6 Å². The van der Waals surface area contributed by atoms with Crippen molar-refractivity contribution in [3.05, 3.63) is 53.1 Å². The van der Waals surface area contributed by atoms with Crippen molar-refractivity contribution in [3.8, 4) is 11.5 Å². The molecule has 2 aromatic rings. The number of benzene rings is 2. The van der Waals surface area contributed by atoms with E-state index in [1.807, 2.05) is 36.4 Å². The zero-order valence-electron chi connectivity index (χ0n) is 12.5. The van der Waals surface area contributed by atoms with E-state index in [0.29, 0.717) is 6.04 Å². The van der Waals surface area contributed by atoms with Gasteiger partial charge in [0.05, 0.1) is 14.2 Å². The van der Waals surface area contributed by atoms with Crippen molar-refractivity contribution in [3.63, 3.8) is 0 Å². The highest BCUT2D eigenvalue weighted by Gasteiger charge is 2.08. The van der Waals surface area contributed by atoms with Crippen LogP contribution in [0.25, 0.3) is 0 Å². The minimum atomic E-state index is 0.296. The maximum Gasteiger partial charge on any atom is 0.160 e. The van der Waals surface area contributed by atoms with E-state index in [9.17, 15) is 0 Å². The van der Waals surface area contributed by atoms with E-state index in [2.05, 4.69) is 18.3 Å². The van der Waals surface area contributed by atoms with Crippen LogP contribution in [-0.2, 0) is 6.42 Å². The van der Waals surface area contributed by atoms with E-state index < -0.39 is 0 Å². The van der Waals surface area contributed by atoms with E-state index in [4.69, 9.17) is 21.1 Å². The van der Waals surface area contributed by atoms with E-state index in [1.54, 1.807) is 14.2 Å². The third kappa shape index (κ3) is 4.30. The molecule has 3 nitrogen and oxygen atoms in total. The Kier molecular flexibility index (Phi) is 5.34. The van der Waals surface area contributed by atoms with Gasteiger partial charge >= 0.3 is 0 Å². The Morgan fingerprint density at radius 1 is 1.00 bits per heavy atom. The molecule has 0 aliphatic heterocycles. The molecule has 0 radical (unpaired) electrons. The fourth-order valence-corrected chi connectivity index (χ4v) is 2.37. The first-order chi connectivity index (χ1) is 10.1. The summed E-state index contributed by atoms with van der Waals surface area (Å²) in [5, 5.41) is 4.20. The SMILES string of the molecule is COc1ccc(CC(C)Nc2ccc(Cl)cc2)cc1OC. The summed E-state index contributed by atoms with van der Waals surface area (Å²) in [5.41, 5.74) is 2.26. The maximum absolute atomic E-state index is 5.89. The first-order valence-electron chi connectivity index (χ1n) is 6.85. The Balaban J connectivity index is 2.02. The predicted octanol–water partition coefficient (Wildman–Crippen LogP) is 4.40. The zero-order valence-corrected chi connectivity index (χ0v) is 13.3. The van der Waals surface area contributed by atoms with Crippen LogP contribution in [0.3, 0.4) is 0 Å². The van der Waals surface area contributed by atoms with Crippen LogP contribution < -0.4 is 14.8 Å². The predicted molar refractivity (Wildman–Crippen MR) is 87.8 cm³/mol. The molecule has 0 aliphatic carbocycles. The summed E-state index contributed by atoms with van der Waals surface area (Å²) in [7, 11) is 3.29. The normalized spacial score (nSPS) is 11.8. The van der Waals surface area contributed by atoms with Gasteiger partial charge in [-0.05, 0) is 55.3 Å². The van der Waals surface area contributed by atoms with E-state index >= 15 is 0 Å². The van der Waals surface area contributed by atoms with E-state index in [1.165, 1.54) is 5.56 Å². The van der Waals surface area contributed by atoms with Gasteiger partial charge in [-0.25, -0.2) is 0 Å². The van der Waals surface area contributed by atoms with Gasteiger partial charge in [-0.1, -0.05) is 17.7 Å². The summed E-state index contributed by atoms with van der Waals surface area (Å²) in [6, 6.07) is 14.0. The Labute approximate surface area is 130 Å². The molecule has 0 saturated carbocycles. The number of ether oxygens (including phenoxy) is 2. The lowest BCUT2D eigenvalue weighted by Crippen LogP contribution is -2.18. The monoisotopic (exact) mass is 305 g/mol. The highest BCUT2D eigenvalue weighted by Crippen LogP contribution is 2.28. The molecule has 112 valence electrons. The van der Waals surface area contributed by atoms with Crippen LogP contribution in [0.4, 0.5) is 5.69 Å². The van der Waals surface area contributed by atoms with Crippen LogP contribution in [-0.4, -0.2) is 20.3 Å². The molecule has 4 heteroatoms. The molecule has 2 rings (SSSR count). The second-order valence-corrected chi connectivity index (χ2v) is 5.38. The number of methoxy groups -OCH3 is 2. The second kappa shape index (κ2) is 7.23. The van der Waals surface area contributed by atoms with Crippen LogP contribution >= 0.6 is 11.6 Å². The Morgan fingerprint density at radius 3 is 2.29 bits per heavy atom. The molecule has 0 spiro atoms. The van der Waals surface area contributed by atoms with Crippen molar-refractivity contribution in [1.29, 1.82) is 0 Å². The summed E-state index contributed by atoms with van der Waals surface area (Å²) < 4.78 is 10.6. The summed E-state index contributed by atoms with van der Waals surface area (Å²) in [6.45, 7) is 2.14. The third-order valence-corrected chi connectivity index (χ3v) is 3.50. The van der Waals surface area contributed by atoms with Crippen molar-refractivity contribution < 1.29 is 9.47 Å². The number of hydrogen-bond donors (Lipinski definition) is 1. The lowest BCUT2D eigenvalue weighted by molar-refractivity contribution is 0.354. The van der Waals surface area contributed by atoms with Gasteiger partial charge in [0.2, 0.25) is 0 Å². The molecule has 1 N–H and O–H groups in total. The molecule has 0 heterocycles. The average molecular weight is 306 g/mol. The Hall–Kier alpha value is -1.87. The maximum atomic E-state index is 5.89. The van der Waals surface area contributed by atoms with Crippen molar-refractivity contribution in [1.82, 2.24) is 0 Å². The van der Waals surface area contributed by atoms with Crippen LogP contribution in [0.5, 0.6) is 11.5 Å². The van der Waals surface area contributed by atoms with Crippen LogP contribution in [0.2, 0.25) is 5.02 Å². The second-order valence-electron chi connectivity index (χ2n) is 4.95. The first-order valence-corrected chi connectivity index (χ1v) is 7.23. The Morgan fingerprint density at radius 2 is 1.67 bits per heavy atom. The van der Waals surface area contributed by atoms with Crippen molar-refractivity contribution in [2.75, 3.05) is 19.5 Å². The quantitative estimate of drug-likeness (QED) is 0.858. The number of nitrogens with one attached hydrogen (secondary N) is 1. The van der Waals surface area contributed by atoms with Crippen molar-refractivity contribution >= 4 is 17.3 Å². The molecular weight excluding hydrogens is 286 g/mol. The molecule has 0 fully saturated rings. The Bertz CT molecular complexity index is 584. The van der Waals surface area contributed by atoms with Gasteiger partial charge < -0.3 is 14.8 Å². The fraction of sp³-hybridized carbons (Fsp3) is 0.294. The van der Waals surface area contributed by atoms with Crippen molar-refractivity contribution in [2.45, 2.75) is 19.4 Å². The van der Waals surface area contributed by atoms with Crippen LogP contribution in [0, 0.1) is 0 Å². The van der Waals surface area contributed by atoms with Gasteiger partial charge in [0.15, 0.2) is 11.5 Å². The molecule has 0 amide bonds. The molecule has 2 aromatic carbocycles. The minimum Gasteiger partial charge on any atom is -0.493 e. The van der Waals surface area contributed by atoms with Crippen molar-refractivity contribution in [2.24, 2.45) is 0 Å². The van der Waals surface area contributed by atoms with Gasteiger partial charge in [0.25, 0.3) is 0 Å². The summed E-state index contributed by atoms with van der Waals surface area (Å²) >= 11 is 5.89. The topological polar surface area (TPSA) is 30.5 Å². The summed E-state index contributed by atoms with van der Waals surface area (Å²) in [5.74, 6) is 1.51. The molecule has 1 atom stereocenters. The van der Waals surface area contributed by atoms with E-state index in [-0.39, 0.29) is 0 Å². The highest BCUT2D eigenvalue weighted by molar-refractivity contribution is 6.30. The number of rotatable bonds is 6.